The summed E-state index contributed by atoms with van der Waals surface area (Å²) < 4.78 is 14.6. The molecular weight excluding hydrogens is 638 g/mol. The number of ether oxygens (including phenoxy) is 2. The lowest BCUT2D eigenvalue weighted by Gasteiger charge is -2.05. The molecule has 0 saturated carbocycles. The molecule has 10 heteroatoms. The first-order chi connectivity index (χ1) is 12.9. The van der Waals surface area contributed by atoms with Crippen molar-refractivity contribution in [2.24, 2.45) is 14.1 Å². The Kier molecular flexibility index (Phi) is 14.5. The van der Waals surface area contributed by atoms with E-state index in [-0.39, 0.29) is 72.7 Å². The first kappa shape index (κ1) is 28.7. The van der Waals surface area contributed by atoms with Crippen LogP contribution in [-0.4, -0.2) is 25.2 Å². The first-order valence-electron chi connectivity index (χ1n) is 9.05. The molecule has 29 heavy (non-hydrogen) atoms. The average Bonchev–Trinajstić information content (AvgIpc) is 3.12. The Morgan fingerprint density at radius 3 is 1.52 bits per heavy atom. The summed E-state index contributed by atoms with van der Waals surface area (Å²) in [5.41, 5.74) is 6.48. The fourth-order valence-corrected chi connectivity index (χ4v) is 4.44. The molecule has 0 aliphatic carbocycles. The summed E-state index contributed by atoms with van der Waals surface area (Å²) in [5, 5.41) is 0. The van der Waals surface area contributed by atoms with Gasteiger partial charge in [-0.1, -0.05) is 22.7 Å². The molecule has 2 heterocycles. The minimum atomic E-state index is -0.261. The van der Waals surface area contributed by atoms with Crippen molar-refractivity contribution in [3.63, 3.8) is 0 Å². The van der Waals surface area contributed by atoms with Crippen LogP contribution in [0.5, 0.6) is 0 Å². The molecule has 164 valence electrons. The summed E-state index contributed by atoms with van der Waals surface area (Å²) in [7, 11) is 4.00. The third-order valence-corrected chi connectivity index (χ3v) is 6.93. The number of carbonyl (C=O) groups is 2. The van der Waals surface area contributed by atoms with Crippen LogP contribution in [0.1, 0.15) is 40.4 Å². The van der Waals surface area contributed by atoms with Crippen LogP contribution in [0.3, 0.4) is 0 Å². The van der Waals surface area contributed by atoms with Gasteiger partial charge >= 0.3 is 11.9 Å². The van der Waals surface area contributed by atoms with Gasteiger partial charge < -0.3 is 57.4 Å². The Morgan fingerprint density at radius 2 is 1.21 bits per heavy atom. The molecule has 0 radical (unpaired) electrons. The lowest BCUT2D eigenvalue weighted by Crippen LogP contribution is -3.00. The molecule has 0 fully saturated rings. The van der Waals surface area contributed by atoms with Crippen LogP contribution < -0.4 is 57.1 Å². The molecule has 0 aliphatic heterocycles. The highest BCUT2D eigenvalue weighted by Gasteiger charge is 2.14. The minimum absolute atomic E-state index is 0. The molecule has 2 aromatic heterocycles. The van der Waals surface area contributed by atoms with Crippen molar-refractivity contribution in [1.82, 2.24) is 0 Å². The molecular formula is C19H28I2N2O4S2. The Balaban J connectivity index is 0.00000392. The molecule has 2 rings (SSSR count). The highest BCUT2D eigenvalue weighted by molar-refractivity contribution is 7.09. The summed E-state index contributed by atoms with van der Waals surface area (Å²) in [4.78, 5) is 26.0. The van der Waals surface area contributed by atoms with Gasteiger partial charge in [-0.3, -0.25) is 9.59 Å². The number of carbonyl (C=O) groups excluding carboxylic acids is 2. The number of aromatic nitrogens is 2. The molecule has 0 amide bonds. The van der Waals surface area contributed by atoms with Crippen molar-refractivity contribution in [1.29, 1.82) is 0 Å². The van der Waals surface area contributed by atoms with Crippen molar-refractivity contribution >= 4 is 34.6 Å². The smallest absolute Gasteiger partial charge is 0.305 e. The van der Waals surface area contributed by atoms with Crippen molar-refractivity contribution in [3.8, 4) is 0 Å². The number of halogens is 2. The molecule has 0 saturated heterocycles. The van der Waals surface area contributed by atoms with Gasteiger partial charge in [0.05, 0.1) is 23.0 Å². The van der Waals surface area contributed by atoms with Gasteiger partial charge in [-0.2, -0.15) is 9.13 Å². The largest absolute Gasteiger partial charge is 1.00 e. The predicted molar refractivity (Wildman–Crippen MR) is 104 cm³/mol. The van der Waals surface area contributed by atoms with Gasteiger partial charge in [0.2, 0.25) is 11.0 Å². The molecule has 0 aromatic carbocycles. The SMILES string of the molecule is Cc1c(CCOC(=O)CCCC(=O)OCCc2sc[n+](C)c2C)sc[n+]1C.[I-].[I-]. The molecule has 0 aliphatic rings. The summed E-state index contributed by atoms with van der Waals surface area (Å²) in [6, 6.07) is 0. The number of thiazole rings is 2. The Hall–Kier alpha value is -0.340. The average molecular weight is 666 g/mol. The number of rotatable bonds is 10. The monoisotopic (exact) mass is 666 g/mol. The molecule has 2 aromatic rings. The second-order valence-electron chi connectivity index (χ2n) is 6.48. The number of aryl methyl sites for hydroxylation is 2. The lowest BCUT2D eigenvalue weighted by molar-refractivity contribution is -0.673. The Morgan fingerprint density at radius 1 is 0.828 bits per heavy atom. The maximum absolute atomic E-state index is 11.8. The molecule has 6 nitrogen and oxygen atoms in total. The van der Waals surface area contributed by atoms with Crippen molar-refractivity contribution in [3.05, 3.63) is 32.2 Å². The highest BCUT2D eigenvalue weighted by Crippen LogP contribution is 2.12. The third kappa shape index (κ3) is 9.55. The normalized spacial score (nSPS) is 10.1. The van der Waals surface area contributed by atoms with Crippen LogP contribution >= 0.6 is 22.7 Å². The standard InChI is InChI=1S/C19H28N2O4S2.2HI/c1-14-16(26-12-20(14)3)8-10-24-18(22)6-5-7-19(23)25-11-9-17-15(2)21(4)13-27-17;;/h12-13H,5-11H2,1-4H3;2*1H/q+2;;/p-2. The number of hydrogen-bond acceptors (Lipinski definition) is 6. The number of nitrogens with zero attached hydrogens (tertiary/aromatic N) is 2. The van der Waals surface area contributed by atoms with Crippen molar-refractivity contribution in [2.75, 3.05) is 13.2 Å². The highest BCUT2D eigenvalue weighted by atomic mass is 127. The molecule has 0 atom stereocenters. The van der Waals surface area contributed by atoms with Crippen LogP contribution in [-0.2, 0) is 46.0 Å². The third-order valence-electron chi connectivity index (χ3n) is 4.52. The van der Waals surface area contributed by atoms with Gasteiger partial charge in [0.15, 0.2) is 11.4 Å². The summed E-state index contributed by atoms with van der Waals surface area (Å²) in [6.07, 6.45) is 2.39. The zero-order chi connectivity index (χ0) is 19.8. The summed E-state index contributed by atoms with van der Waals surface area (Å²) in [6.45, 7) is 4.86. The van der Waals surface area contributed by atoms with Crippen molar-refractivity contribution in [2.45, 2.75) is 46.0 Å². The fourth-order valence-electron chi connectivity index (χ4n) is 2.52. The second kappa shape index (κ2) is 14.6. The van der Waals surface area contributed by atoms with Gasteiger partial charge in [0, 0.05) is 39.5 Å². The van der Waals surface area contributed by atoms with Gasteiger partial charge in [0.1, 0.15) is 14.1 Å². The van der Waals surface area contributed by atoms with E-state index < -0.39 is 0 Å². The first-order valence-corrected chi connectivity index (χ1v) is 10.8. The second-order valence-corrected chi connectivity index (χ2v) is 8.36. The maximum Gasteiger partial charge on any atom is 0.305 e. The quantitative estimate of drug-likeness (QED) is 0.148. The Bertz CT molecular complexity index is 729. The van der Waals surface area contributed by atoms with Gasteiger partial charge in [-0.25, -0.2) is 0 Å². The van der Waals surface area contributed by atoms with E-state index in [1.165, 1.54) is 21.1 Å². The van der Waals surface area contributed by atoms with E-state index in [1.54, 1.807) is 22.7 Å². The Labute approximate surface area is 214 Å². The molecule has 0 bridgehead atoms. The zero-order valence-electron chi connectivity index (χ0n) is 17.2. The van der Waals surface area contributed by atoms with Gasteiger partial charge in [-0.05, 0) is 6.42 Å². The van der Waals surface area contributed by atoms with E-state index in [0.717, 1.165) is 12.8 Å². The summed E-state index contributed by atoms with van der Waals surface area (Å²) >= 11 is 3.34. The van der Waals surface area contributed by atoms with Crippen LogP contribution in [0.25, 0.3) is 0 Å². The van der Waals surface area contributed by atoms with Crippen LogP contribution in [0, 0.1) is 13.8 Å². The lowest BCUT2D eigenvalue weighted by atomic mass is 10.2. The molecule has 0 spiro atoms. The van der Waals surface area contributed by atoms with E-state index in [4.69, 9.17) is 9.47 Å². The van der Waals surface area contributed by atoms with Crippen molar-refractivity contribution < 1.29 is 76.2 Å². The number of hydrogen-bond donors (Lipinski definition) is 0. The summed E-state index contributed by atoms with van der Waals surface area (Å²) in [5.74, 6) is -0.522. The zero-order valence-corrected chi connectivity index (χ0v) is 23.2. The van der Waals surface area contributed by atoms with Gasteiger partial charge in [0.25, 0.3) is 0 Å². The molecule has 0 N–H and O–H groups in total. The van der Waals surface area contributed by atoms with E-state index in [1.807, 2.05) is 25.1 Å². The van der Waals surface area contributed by atoms with E-state index >= 15 is 0 Å². The van der Waals surface area contributed by atoms with Crippen LogP contribution in [0.2, 0.25) is 0 Å². The topological polar surface area (TPSA) is 60.4 Å². The minimum Gasteiger partial charge on any atom is -1.00 e. The fraction of sp³-hybridized carbons (Fsp3) is 0.579. The predicted octanol–water partition coefficient (Wildman–Crippen LogP) is -3.87. The van der Waals surface area contributed by atoms with Gasteiger partial charge in [-0.15, -0.1) is 0 Å². The molecule has 0 unspecified atom stereocenters. The van der Waals surface area contributed by atoms with E-state index in [9.17, 15) is 9.59 Å². The van der Waals surface area contributed by atoms with E-state index in [2.05, 4.69) is 23.0 Å². The van der Waals surface area contributed by atoms with E-state index in [0.29, 0.717) is 19.6 Å². The maximum atomic E-state index is 11.8. The number of esters is 2. The van der Waals surface area contributed by atoms with Crippen LogP contribution in [0.15, 0.2) is 11.0 Å². The van der Waals surface area contributed by atoms with Crippen LogP contribution in [0.4, 0.5) is 0 Å².